The Morgan fingerprint density at radius 3 is 2.38 bits per heavy atom. The number of carbonyl (C=O) groups is 2. The Hall–Kier alpha value is -2.96. The average molecular weight is 401 g/mol. The zero-order chi connectivity index (χ0) is 21.0. The van der Waals surface area contributed by atoms with Gasteiger partial charge in [0.05, 0.1) is 0 Å². The van der Waals surface area contributed by atoms with E-state index in [-0.39, 0.29) is 23.5 Å². The molecule has 0 radical (unpaired) electrons. The van der Waals surface area contributed by atoms with Gasteiger partial charge in [-0.25, -0.2) is 13.6 Å². The SMILES string of the molecule is CCC(=O)N1CCC(N(C)C(=O)Nc2ccc(-c3cc(F)ccc3F)cc2)CC1. The summed E-state index contributed by atoms with van der Waals surface area (Å²) < 4.78 is 27.3. The van der Waals surface area contributed by atoms with Gasteiger partial charge in [-0.2, -0.15) is 0 Å². The summed E-state index contributed by atoms with van der Waals surface area (Å²) in [5, 5.41) is 2.83. The summed E-state index contributed by atoms with van der Waals surface area (Å²) in [6.45, 7) is 3.16. The Morgan fingerprint density at radius 2 is 1.76 bits per heavy atom. The van der Waals surface area contributed by atoms with Crippen LogP contribution in [0.25, 0.3) is 11.1 Å². The molecule has 0 spiro atoms. The quantitative estimate of drug-likeness (QED) is 0.820. The van der Waals surface area contributed by atoms with Crippen molar-refractivity contribution in [2.45, 2.75) is 32.2 Å². The van der Waals surface area contributed by atoms with Crippen LogP contribution in [0.3, 0.4) is 0 Å². The van der Waals surface area contributed by atoms with Crippen molar-refractivity contribution in [2.75, 3.05) is 25.5 Å². The summed E-state index contributed by atoms with van der Waals surface area (Å²) in [6.07, 6.45) is 1.98. The van der Waals surface area contributed by atoms with Gasteiger partial charge < -0.3 is 15.1 Å². The molecule has 1 aliphatic rings. The number of rotatable bonds is 4. The average Bonchev–Trinajstić information content (AvgIpc) is 2.75. The molecule has 5 nitrogen and oxygen atoms in total. The smallest absolute Gasteiger partial charge is 0.321 e. The molecule has 1 heterocycles. The van der Waals surface area contributed by atoms with Crippen LogP contribution in [0.5, 0.6) is 0 Å². The van der Waals surface area contributed by atoms with Gasteiger partial charge in [-0.05, 0) is 48.7 Å². The van der Waals surface area contributed by atoms with Crippen molar-refractivity contribution in [2.24, 2.45) is 0 Å². The molecule has 1 fully saturated rings. The van der Waals surface area contributed by atoms with Crippen LogP contribution >= 0.6 is 0 Å². The lowest BCUT2D eigenvalue weighted by Gasteiger charge is -2.36. The van der Waals surface area contributed by atoms with Gasteiger partial charge in [-0.15, -0.1) is 0 Å². The molecule has 2 aromatic rings. The number of hydrogen-bond donors (Lipinski definition) is 1. The fourth-order valence-corrected chi connectivity index (χ4v) is 3.56. The molecule has 2 aromatic carbocycles. The first-order chi connectivity index (χ1) is 13.9. The van der Waals surface area contributed by atoms with Crippen molar-refractivity contribution in [1.29, 1.82) is 0 Å². The number of amides is 3. The summed E-state index contributed by atoms with van der Waals surface area (Å²) in [5.74, 6) is -0.867. The highest BCUT2D eigenvalue weighted by Crippen LogP contribution is 2.25. The Labute approximate surface area is 169 Å². The van der Waals surface area contributed by atoms with E-state index in [9.17, 15) is 18.4 Å². The molecule has 0 aliphatic carbocycles. The Balaban J connectivity index is 1.59. The Morgan fingerprint density at radius 1 is 1.10 bits per heavy atom. The van der Waals surface area contributed by atoms with Crippen LogP contribution in [0.4, 0.5) is 19.3 Å². The van der Waals surface area contributed by atoms with Crippen molar-refractivity contribution in [3.05, 3.63) is 54.1 Å². The van der Waals surface area contributed by atoms with Gasteiger partial charge in [0.2, 0.25) is 5.91 Å². The number of benzene rings is 2. The Kier molecular flexibility index (Phi) is 6.46. The molecule has 1 aliphatic heterocycles. The zero-order valence-electron chi connectivity index (χ0n) is 16.6. The number of halogens is 2. The first-order valence-corrected chi connectivity index (χ1v) is 9.76. The molecule has 0 unspecified atom stereocenters. The molecule has 1 saturated heterocycles. The summed E-state index contributed by atoms with van der Waals surface area (Å²) in [5.41, 5.74) is 1.27. The minimum atomic E-state index is -0.507. The number of piperidine rings is 1. The van der Waals surface area contributed by atoms with Gasteiger partial charge in [-0.3, -0.25) is 4.79 Å². The van der Waals surface area contributed by atoms with E-state index >= 15 is 0 Å². The molecule has 1 N–H and O–H groups in total. The molecule has 7 heteroatoms. The molecular weight excluding hydrogens is 376 g/mol. The molecule has 0 saturated carbocycles. The molecule has 154 valence electrons. The summed E-state index contributed by atoms with van der Waals surface area (Å²) in [4.78, 5) is 27.8. The minimum Gasteiger partial charge on any atom is -0.343 e. The van der Waals surface area contributed by atoms with Crippen LogP contribution in [-0.4, -0.2) is 47.9 Å². The van der Waals surface area contributed by atoms with Crippen molar-refractivity contribution >= 4 is 17.6 Å². The number of anilines is 1. The van der Waals surface area contributed by atoms with E-state index in [1.807, 2.05) is 11.8 Å². The van der Waals surface area contributed by atoms with Gasteiger partial charge in [0, 0.05) is 43.9 Å². The number of hydrogen-bond acceptors (Lipinski definition) is 2. The third-order valence-corrected chi connectivity index (χ3v) is 5.36. The lowest BCUT2D eigenvalue weighted by atomic mass is 10.0. The van der Waals surface area contributed by atoms with Gasteiger partial charge in [-0.1, -0.05) is 19.1 Å². The van der Waals surface area contributed by atoms with E-state index in [2.05, 4.69) is 5.32 Å². The maximum Gasteiger partial charge on any atom is 0.321 e. The lowest BCUT2D eigenvalue weighted by Crippen LogP contribution is -2.48. The highest BCUT2D eigenvalue weighted by Gasteiger charge is 2.27. The van der Waals surface area contributed by atoms with E-state index in [0.29, 0.717) is 30.8 Å². The van der Waals surface area contributed by atoms with Gasteiger partial charge in [0.1, 0.15) is 11.6 Å². The van der Waals surface area contributed by atoms with E-state index in [1.54, 1.807) is 36.2 Å². The van der Waals surface area contributed by atoms with E-state index in [4.69, 9.17) is 0 Å². The van der Waals surface area contributed by atoms with Crippen LogP contribution in [0, 0.1) is 11.6 Å². The third kappa shape index (κ3) is 4.91. The number of nitrogens with zero attached hydrogens (tertiary/aromatic N) is 2. The summed E-state index contributed by atoms with van der Waals surface area (Å²) in [6, 6.07) is 9.74. The highest BCUT2D eigenvalue weighted by molar-refractivity contribution is 5.89. The minimum absolute atomic E-state index is 0.0663. The predicted molar refractivity (Wildman–Crippen MR) is 108 cm³/mol. The van der Waals surface area contributed by atoms with Gasteiger partial charge in [0.15, 0.2) is 0 Å². The van der Waals surface area contributed by atoms with E-state index in [1.165, 1.54) is 0 Å². The van der Waals surface area contributed by atoms with Gasteiger partial charge in [0.25, 0.3) is 0 Å². The standard InChI is InChI=1S/C22H25F2N3O2/c1-3-21(28)27-12-10-18(11-13-27)26(2)22(29)25-17-7-4-15(5-8-17)19-14-16(23)6-9-20(19)24/h4-9,14,18H,3,10-13H2,1-2H3,(H,25,29). The molecule has 3 rings (SSSR count). The van der Waals surface area contributed by atoms with Crippen molar-refractivity contribution in [1.82, 2.24) is 9.80 Å². The molecule has 3 amide bonds. The fraction of sp³-hybridized carbons (Fsp3) is 0.364. The largest absolute Gasteiger partial charge is 0.343 e. The highest BCUT2D eigenvalue weighted by atomic mass is 19.1. The molecular formula is C22H25F2N3O2. The van der Waals surface area contributed by atoms with Crippen molar-refractivity contribution in [3.8, 4) is 11.1 Å². The molecule has 0 aromatic heterocycles. The molecule has 29 heavy (non-hydrogen) atoms. The Bertz CT molecular complexity index is 878. The van der Waals surface area contributed by atoms with Crippen LogP contribution in [0.1, 0.15) is 26.2 Å². The third-order valence-electron chi connectivity index (χ3n) is 5.36. The zero-order valence-corrected chi connectivity index (χ0v) is 16.6. The maximum atomic E-state index is 13.9. The number of urea groups is 1. The molecule has 0 atom stereocenters. The second kappa shape index (κ2) is 9.03. The molecule has 0 bridgehead atoms. The van der Waals surface area contributed by atoms with E-state index < -0.39 is 11.6 Å². The first kappa shape index (κ1) is 20.8. The summed E-state index contributed by atoms with van der Waals surface area (Å²) in [7, 11) is 1.74. The van der Waals surface area contributed by atoms with Crippen molar-refractivity contribution < 1.29 is 18.4 Å². The van der Waals surface area contributed by atoms with Crippen LogP contribution in [0.15, 0.2) is 42.5 Å². The second-order valence-corrected chi connectivity index (χ2v) is 7.21. The lowest BCUT2D eigenvalue weighted by molar-refractivity contribution is -0.132. The van der Waals surface area contributed by atoms with Crippen LogP contribution in [-0.2, 0) is 4.79 Å². The fourth-order valence-electron chi connectivity index (χ4n) is 3.56. The predicted octanol–water partition coefficient (Wildman–Crippen LogP) is 4.50. The number of nitrogens with one attached hydrogen (secondary N) is 1. The van der Waals surface area contributed by atoms with Crippen LogP contribution < -0.4 is 5.32 Å². The normalized spacial score (nSPS) is 14.6. The van der Waals surface area contributed by atoms with Crippen molar-refractivity contribution in [3.63, 3.8) is 0 Å². The second-order valence-electron chi connectivity index (χ2n) is 7.21. The number of carbonyl (C=O) groups excluding carboxylic acids is 2. The topological polar surface area (TPSA) is 52.7 Å². The monoisotopic (exact) mass is 401 g/mol. The number of likely N-dealkylation sites (tertiary alicyclic amines) is 1. The van der Waals surface area contributed by atoms with Crippen LogP contribution in [0.2, 0.25) is 0 Å². The van der Waals surface area contributed by atoms with E-state index in [0.717, 1.165) is 31.0 Å². The maximum absolute atomic E-state index is 13.9. The summed E-state index contributed by atoms with van der Waals surface area (Å²) >= 11 is 0. The van der Waals surface area contributed by atoms with Gasteiger partial charge >= 0.3 is 6.03 Å². The first-order valence-electron chi connectivity index (χ1n) is 9.76.